The molecule has 0 saturated heterocycles. The van der Waals surface area contributed by atoms with Crippen LogP contribution in [0.2, 0.25) is 0 Å². The minimum Gasteiger partial charge on any atom is -0.482 e. The highest BCUT2D eigenvalue weighted by Gasteiger charge is 2.36. The Bertz CT molecular complexity index is 892. The van der Waals surface area contributed by atoms with E-state index >= 15 is 0 Å². The number of esters is 1. The van der Waals surface area contributed by atoms with E-state index in [1.54, 1.807) is 49.4 Å². The summed E-state index contributed by atoms with van der Waals surface area (Å²) in [6, 6.07) is 13.5. The second-order valence-corrected chi connectivity index (χ2v) is 6.51. The first kappa shape index (κ1) is 19.4. The second-order valence-electron chi connectivity index (χ2n) is 6.51. The molecule has 3 rings (SSSR count). The Morgan fingerprint density at radius 3 is 2.21 bits per heavy atom. The number of rotatable bonds is 5. The van der Waals surface area contributed by atoms with Crippen molar-refractivity contribution in [3.63, 3.8) is 0 Å². The molecule has 28 heavy (non-hydrogen) atoms. The van der Waals surface area contributed by atoms with Gasteiger partial charge in [-0.05, 0) is 57.2 Å². The van der Waals surface area contributed by atoms with Crippen LogP contribution in [-0.4, -0.2) is 36.0 Å². The summed E-state index contributed by atoms with van der Waals surface area (Å²) >= 11 is 0. The molecule has 1 N–H and O–H groups in total. The summed E-state index contributed by atoms with van der Waals surface area (Å²) in [5, 5.41) is 2.64. The molecule has 1 amide bonds. The summed E-state index contributed by atoms with van der Waals surface area (Å²) in [7, 11) is 0. The van der Waals surface area contributed by atoms with Gasteiger partial charge in [-0.2, -0.15) is 0 Å². The molecule has 2 aromatic rings. The molecule has 3 atom stereocenters. The predicted octanol–water partition coefficient (Wildman–Crippen LogP) is 2.99. The zero-order chi connectivity index (χ0) is 20.3. The van der Waals surface area contributed by atoms with Gasteiger partial charge in [0, 0.05) is 11.3 Å². The maximum Gasteiger partial charge on any atom is 0.352 e. The maximum absolute atomic E-state index is 12.5. The normalized spacial score (nSPS) is 18.7. The van der Waals surface area contributed by atoms with Crippen LogP contribution in [0, 0.1) is 0 Å². The number of ether oxygens (including phenoxy) is 3. The summed E-state index contributed by atoms with van der Waals surface area (Å²) in [5.74, 6) is -0.236. The molecule has 0 fully saturated rings. The van der Waals surface area contributed by atoms with Crippen molar-refractivity contribution in [1.82, 2.24) is 0 Å². The van der Waals surface area contributed by atoms with E-state index < -0.39 is 30.2 Å². The van der Waals surface area contributed by atoms with Crippen LogP contribution in [0.1, 0.15) is 31.1 Å². The highest BCUT2D eigenvalue weighted by Crippen LogP contribution is 2.33. The van der Waals surface area contributed by atoms with Gasteiger partial charge in [-0.15, -0.1) is 0 Å². The van der Waals surface area contributed by atoms with Gasteiger partial charge >= 0.3 is 5.97 Å². The van der Waals surface area contributed by atoms with Crippen LogP contribution < -0.4 is 14.8 Å². The van der Waals surface area contributed by atoms with Gasteiger partial charge in [0.2, 0.25) is 6.10 Å². The number of carbonyl (C=O) groups is 3. The number of para-hydroxylation sites is 2. The quantitative estimate of drug-likeness (QED) is 0.630. The first-order valence-electron chi connectivity index (χ1n) is 8.90. The standard InChI is InChI=1S/C21H21NO6/c1-12(23)15-8-10-16(11-9-15)22-20(24)14(3)27-21(25)19-13(2)26-17-6-4-5-7-18(17)28-19/h4-11,13-14,19H,1-3H3,(H,22,24). The molecule has 0 radical (unpaired) electrons. The first-order chi connectivity index (χ1) is 13.3. The Morgan fingerprint density at radius 1 is 1.00 bits per heavy atom. The summed E-state index contributed by atoms with van der Waals surface area (Å²) in [4.78, 5) is 36.1. The van der Waals surface area contributed by atoms with Crippen molar-refractivity contribution < 1.29 is 28.6 Å². The molecule has 0 bridgehead atoms. The molecule has 3 unspecified atom stereocenters. The maximum atomic E-state index is 12.5. The molecule has 7 heteroatoms. The van der Waals surface area contributed by atoms with Crippen LogP contribution in [0.15, 0.2) is 48.5 Å². The molecule has 7 nitrogen and oxygen atoms in total. The summed E-state index contributed by atoms with van der Waals surface area (Å²) in [6.45, 7) is 4.63. The number of anilines is 1. The van der Waals surface area contributed by atoms with E-state index in [0.29, 0.717) is 22.7 Å². The van der Waals surface area contributed by atoms with Crippen molar-refractivity contribution >= 4 is 23.3 Å². The Kier molecular flexibility index (Phi) is 5.63. The molecule has 0 aliphatic carbocycles. The smallest absolute Gasteiger partial charge is 0.352 e. The molecule has 0 spiro atoms. The Hall–Kier alpha value is -3.35. The van der Waals surface area contributed by atoms with Gasteiger partial charge in [0.05, 0.1) is 0 Å². The van der Waals surface area contributed by atoms with Gasteiger partial charge in [0.15, 0.2) is 23.4 Å². The fourth-order valence-electron chi connectivity index (χ4n) is 2.71. The number of amides is 1. The monoisotopic (exact) mass is 383 g/mol. The van der Waals surface area contributed by atoms with Crippen LogP contribution >= 0.6 is 0 Å². The van der Waals surface area contributed by atoms with Crippen molar-refractivity contribution in [3.05, 3.63) is 54.1 Å². The third-order valence-electron chi connectivity index (χ3n) is 4.30. The van der Waals surface area contributed by atoms with Crippen LogP contribution in [0.4, 0.5) is 5.69 Å². The summed E-state index contributed by atoms with van der Waals surface area (Å²) in [6.07, 6.45) is -2.57. The number of ketones is 1. The fourth-order valence-corrected chi connectivity index (χ4v) is 2.71. The molecular weight excluding hydrogens is 362 g/mol. The lowest BCUT2D eigenvalue weighted by molar-refractivity contribution is -0.165. The van der Waals surface area contributed by atoms with E-state index in [0.717, 1.165) is 0 Å². The minimum atomic E-state index is -1.03. The van der Waals surface area contributed by atoms with E-state index in [2.05, 4.69) is 5.32 Å². The number of nitrogens with one attached hydrogen (secondary N) is 1. The van der Waals surface area contributed by atoms with Gasteiger partial charge in [-0.1, -0.05) is 12.1 Å². The number of carbonyl (C=O) groups excluding carboxylic acids is 3. The van der Waals surface area contributed by atoms with E-state index in [9.17, 15) is 14.4 Å². The molecule has 2 aromatic carbocycles. The number of hydrogen-bond acceptors (Lipinski definition) is 6. The average Bonchev–Trinajstić information content (AvgIpc) is 2.67. The Balaban J connectivity index is 1.59. The lowest BCUT2D eigenvalue weighted by Gasteiger charge is -2.30. The van der Waals surface area contributed by atoms with E-state index in [1.165, 1.54) is 13.8 Å². The van der Waals surface area contributed by atoms with Crippen molar-refractivity contribution in [2.75, 3.05) is 5.32 Å². The van der Waals surface area contributed by atoms with Crippen molar-refractivity contribution in [2.24, 2.45) is 0 Å². The Morgan fingerprint density at radius 2 is 1.61 bits per heavy atom. The van der Waals surface area contributed by atoms with Crippen LogP contribution in [0.25, 0.3) is 0 Å². The van der Waals surface area contributed by atoms with E-state index in [4.69, 9.17) is 14.2 Å². The highest BCUT2D eigenvalue weighted by atomic mass is 16.6. The molecule has 1 heterocycles. The van der Waals surface area contributed by atoms with Gasteiger partial charge in [0.1, 0.15) is 6.10 Å². The molecule has 146 valence electrons. The topological polar surface area (TPSA) is 90.9 Å². The fraction of sp³-hybridized carbons (Fsp3) is 0.286. The lowest BCUT2D eigenvalue weighted by Crippen LogP contribution is -2.46. The van der Waals surface area contributed by atoms with Gasteiger partial charge in [0.25, 0.3) is 5.91 Å². The predicted molar refractivity (Wildman–Crippen MR) is 102 cm³/mol. The lowest BCUT2D eigenvalue weighted by atomic mass is 10.1. The first-order valence-corrected chi connectivity index (χ1v) is 8.90. The van der Waals surface area contributed by atoms with Crippen molar-refractivity contribution in [3.8, 4) is 11.5 Å². The van der Waals surface area contributed by atoms with E-state index in [-0.39, 0.29) is 5.78 Å². The number of benzene rings is 2. The summed E-state index contributed by atoms with van der Waals surface area (Å²) in [5.41, 5.74) is 1.04. The average molecular weight is 383 g/mol. The molecule has 1 aliphatic rings. The molecule has 1 aliphatic heterocycles. The van der Waals surface area contributed by atoms with Crippen LogP contribution in [0.5, 0.6) is 11.5 Å². The number of hydrogen-bond donors (Lipinski definition) is 1. The molecule has 0 saturated carbocycles. The third kappa shape index (κ3) is 4.31. The number of fused-ring (bicyclic) bond motifs is 1. The van der Waals surface area contributed by atoms with Crippen LogP contribution in [0.3, 0.4) is 0 Å². The molecular formula is C21H21NO6. The van der Waals surface area contributed by atoms with Gasteiger partial charge in [-0.25, -0.2) is 4.79 Å². The third-order valence-corrected chi connectivity index (χ3v) is 4.30. The van der Waals surface area contributed by atoms with E-state index in [1.807, 2.05) is 6.07 Å². The minimum absolute atomic E-state index is 0.0643. The summed E-state index contributed by atoms with van der Waals surface area (Å²) < 4.78 is 16.6. The van der Waals surface area contributed by atoms with Crippen molar-refractivity contribution in [1.29, 1.82) is 0 Å². The van der Waals surface area contributed by atoms with Crippen LogP contribution in [-0.2, 0) is 14.3 Å². The largest absolute Gasteiger partial charge is 0.482 e. The molecule has 0 aromatic heterocycles. The Labute approximate surface area is 162 Å². The van der Waals surface area contributed by atoms with Gasteiger partial charge < -0.3 is 19.5 Å². The highest BCUT2D eigenvalue weighted by molar-refractivity contribution is 5.97. The van der Waals surface area contributed by atoms with Gasteiger partial charge in [-0.3, -0.25) is 9.59 Å². The SMILES string of the molecule is CC(=O)c1ccc(NC(=O)C(C)OC(=O)C2Oc3ccccc3OC2C)cc1. The zero-order valence-electron chi connectivity index (χ0n) is 15.8. The zero-order valence-corrected chi connectivity index (χ0v) is 15.8. The number of Topliss-reactive ketones (excluding diaryl/α,β-unsaturated/α-hetero) is 1. The second kappa shape index (κ2) is 8.12. The van der Waals surface area contributed by atoms with Crippen molar-refractivity contribution in [2.45, 2.75) is 39.1 Å².